The van der Waals surface area contributed by atoms with Crippen molar-refractivity contribution >= 4 is 82.4 Å². The van der Waals surface area contributed by atoms with Crippen molar-refractivity contribution in [3.63, 3.8) is 0 Å². The van der Waals surface area contributed by atoms with E-state index in [1.165, 1.54) is 71.2 Å². The van der Waals surface area contributed by atoms with Crippen molar-refractivity contribution in [2.45, 2.75) is 114 Å². The molecule has 2 heterocycles. The molecule has 90 heavy (non-hydrogen) atoms. The Balaban J connectivity index is 0.941. The summed E-state index contributed by atoms with van der Waals surface area (Å²) >= 11 is 1.11. The molecule has 0 spiro atoms. The van der Waals surface area contributed by atoms with Crippen LogP contribution in [-0.4, -0.2) is 199 Å². The van der Waals surface area contributed by atoms with E-state index in [0.29, 0.717) is 5.56 Å². The summed E-state index contributed by atoms with van der Waals surface area (Å²) in [5.41, 5.74) is 1.42. The Kier molecular flexibility index (Phi) is 22.9. The number of benzene rings is 3. The number of nitrogens with two attached hydrogens (primary N) is 1. The van der Waals surface area contributed by atoms with Gasteiger partial charge in [0.25, 0.3) is 0 Å². The average Bonchev–Trinajstić information content (AvgIpc) is 0.732. The third kappa shape index (κ3) is 15.9. The second kappa shape index (κ2) is 30.0. The number of aromatic hydroxyl groups is 2. The topological polar surface area (TPSA) is 422 Å². The van der Waals surface area contributed by atoms with Gasteiger partial charge in [-0.25, -0.2) is 9.59 Å². The lowest BCUT2D eigenvalue weighted by molar-refractivity contribution is -0.249. The molecule has 0 saturated carbocycles. The highest BCUT2D eigenvalue weighted by Crippen LogP contribution is 2.52. The lowest BCUT2D eigenvalue weighted by Gasteiger charge is -2.42. The van der Waals surface area contributed by atoms with Gasteiger partial charge in [0.05, 0.1) is 67.8 Å². The van der Waals surface area contributed by atoms with Gasteiger partial charge in [-0.2, -0.15) is 11.8 Å². The van der Waals surface area contributed by atoms with Crippen LogP contribution in [0.25, 0.3) is 0 Å². The first kappa shape index (κ1) is 68.5. The normalized spacial score (nSPS) is 20.8. The Bertz CT molecular complexity index is 3300. The number of methoxy groups -OCH3 is 1. The van der Waals surface area contributed by atoms with Gasteiger partial charge in [-0.15, -0.1) is 0 Å². The smallest absolute Gasteiger partial charge is 0.407 e. The lowest BCUT2D eigenvalue weighted by atomic mass is 9.72. The maximum atomic E-state index is 14.1. The first-order valence-electron chi connectivity index (χ1n) is 28.6. The Morgan fingerprint density at radius 1 is 0.889 bits per heavy atom. The van der Waals surface area contributed by atoms with E-state index >= 15 is 0 Å². The molecule has 1 unspecified atom stereocenters. The number of hydrogen-bond donors (Lipinski definition) is 11. The summed E-state index contributed by atoms with van der Waals surface area (Å²) in [4.78, 5) is 148. The van der Waals surface area contributed by atoms with Gasteiger partial charge < -0.3 is 91.5 Å². The van der Waals surface area contributed by atoms with Crippen LogP contribution in [0.2, 0.25) is 0 Å². The van der Waals surface area contributed by atoms with Gasteiger partial charge in [-0.1, -0.05) is 51.3 Å². The quantitative estimate of drug-likeness (QED) is 0.0249. The molecule has 484 valence electrons. The highest BCUT2D eigenvalue weighted by molar-refractivity contribution is 7.99. The molecule has 0 aromatic heterocycles. The number of ketones is 3. The van der Waals surface area contributed by atoms with Crippen LogP contribution in [0.15, 0.2) is 67.8 Å². The van der Waals surface area contributed by atoms with Crippen LogP contribution in [0, 0.1) is 5.92 Å². The third-order valence-corrected chi connectivity index (χ3v) is 16.5. The SMILES string of the molecule is C=CC(=O)N1CN(C(=O)C=C)CN(C(=O)CCSCC(=O)N[C@H](C(=O)N[C@@H](CCCNC(N)=O)C(=O)Nc2ccc(COC(=O)N[C@H]3CC(O[C@H]4C[C@](O)(C(=O)CO)Cc5c(O)c6c(c(O)c54)C(=O)c4c(OC)cccc4C6=O)O[C@@H](C)[C@@H]3O)cc2)C(C)C)C1. The van der Waals surface area contributed by atoms with Crippen molar-refractivity contribution in [3.05, 3.63) is 107 Å². The Morgan fingerprint density at radius 2 is 1.54 bits per heavy atom. The zero-order chi connectivity index (χ0) is 65.9. The van der Waals surface area contributed by atoms with Crippen molar-refractivity contribution in [1.29, 1.82) is 0 Å². The standard InChI is InChI=1S/C60H73N9O20S/c1-7-42(73)67-27-68(43(74)8-2)29-69(28-67)44(75)18-20-90-26-41(72)66-50(30(3)4)57(82)64-36(12-10-19-62-58(61)83)56(81)63-33-16-14-32(15-17-33)25-87-59(84)65-37-21-45(88-31(5)51(37)76)89-39-23-60(85,40(71)24-70)22-35-47(39)55(80)49-48(53(35)78)52(77)34-11-9-13-38(86-6)46(34)54(49)79/h7-9,11,13-17,30-31,36-37,39,45,50-51,70,76,78,80,85H,1-2,10,12,18-29H2,3-6H3,(H,63,81)(H,64,82)(H,65,84)(H,66,72)(H3,61,62,83)/t31-,36-,37-,39-,45?,50-,51-,60-/m0/s1. The summed E-state index contributed by atoms with van der Waals surface area (Å²) < 4.78 is 23.0. The number of nitrogens with zero attached hydrogens (tertiary/aromatic N) is 3. The molecule has 2 aliphatic carbocycles. The fourth-order valence-corrected chi connectivity index (χ4v) is 11.6. The minimum atomic E-state index is -2.43. The van der Waals surface area contributed by atoms with Gasteiger partial charge >= 0.3 is 12.1 Å². The van der Waals surface area contributed by atoms with Gasteiger partial charge in [0.15, 0.2) is 17.9 Å². The zero-order valence-electron chi connectivity index (χ0n) is 49.8. The molecule has 2 fully saturated rings. The number of rotatable bonds is 25. The molecule has 8 atom stereocenters. The summed E-state index contributed by atoms with van der Waals surface area (Å²) in [5, 5.41) is 69.5. The molecule has 2 saturated heterocycles. The van der Waals surface area contributed by atoms with E-state index in [1.54, 1.807) is 13.8 Å². The van der Waals surface area contributed by atoms with Gasteiger partial charge in [0.2, 0.25) is 41.2 Å². The van der Waals surface area contributed by atoms with E-state index in [9.17, 15) is 78.3 Å². The maximum absolute atomic E-state index is 14.1. The number of anilines is 1. The molecule has 9 amide bonds. The summed E-state index contributed by atoms with van der Waals surface area (Å²) in [6.45, 7) is 10.2. The average molecular weight is 1270 g/mol. The van der Waals surface area contributed by atoms with Crippen LogP contribution in [0.5, 0.6) is 17.2 Å². The summed E-state index contributed by atoms with van der Waals surface area (Å²) in [7, 11) is 1.28. The number of alkyl carbamates (subject to hydrolysis) is 1. The molecule has 3 aromatic carbocycles. The Hall–Kier alpha value is -8.94. The van der Waals surface area contributed by atoms with E-state index < -0.39 is 155 Å². The number of carbonyl (C=O) groups is 11. The van der Waals surface area contributed by atoms with E-state index in [4.69, 9.17) is 24.7 Å². The molecule has 30 heteroatoms. The molecule has 0 bridgehead atoms. The van der Waals surface area contributed by atoms with E-state index in [0.717, 1.165) is 23.9 Å². The van der Waals surface area contributed by atoms with Gasteiger partial charge in [-0.3, -0.25) is 43.2 Å². The van der Waals surface area contributed by atoms with Crippen LogP contribution in [0.3, 0.4) is 0 Å². The fourth-order valence-electron chi connectivity index (χ4n) is 10.8. The minimum absolute atomic E-state index is 0.0127. The number of nitrogens with one attached hydrogen (secondary N) is 5. The number of carbonyl (C=O) groups excluding carboxylic acids is 11. The van der Waals surface area contributed by atoms with Crippen LogP contribution < -0.4 is 37.1 Å². The molecule has 7 rings (SSSR count). The van der Waals surface area contributed by atoms with E-state index in [-0.39, 0.29) is 110 Å². The van der Waals surface area contributed by atoms with Crippen LogP contribution in [0.1, 0.15) is 108 Å². The van der Waals surface area contributed by atoms with Crippen LogP contribution in [0.4, 0.5) is 15.3 Å². The minimum Gasteiger partial charge on any atom is -0.507 e. The highest BCUT2D eigenvalue weighted by atomic mass is 32.2. The lowest BCUT2D eigenvalue weighted by Crippen LogP contribution is -2.59. The summed E-state index contributed by atoms with van der Waals surface area (Å²) in [6.07, 6.45) is -5.73. The van der Waals surface area contributed by atoms with Crippen LogP contribution in [-0.2, 0) is 60.8 Å². The van der Waals surface area contributed by atoms with Crippen molar-refractivity contribution in [2.24, 2.45) is 11.7 Å². The number of amides is 9. The molecule has 2 aliphatic heterocycles. The molecular weight excluding hydrogens is 1200 g/mol. The molecule has 29 nitrogen and oxygen atoms in total. The number of aliphatic hydroxyl groups is 3. The van der Waals surface area contributed by atoms with Gasteiger partial charge in [-0.05, 0) is 61.6 Å². The second-order valence-corrected chi connectivity index (χ2v) is 23.2. The summed E-state index contributed by atoms with van der Waals surface area (Å²) in [6, 6.07) is 6.02. The Morgan fingerprint density at radius 3 is 2.17 bits per heavy atom. The zero-order valence-corrected chi connectivity index (χ0v) is 50.6. The molecule has 0 radical (unpaired) electrons. The van der Waals surface area contributed by atoms with E-state index in [1.807, 2.05) is 0 Å². The molecule has 3 aromatic rings. The predicted octanol–water partition coefficient (Wildman–Crippen LogP) is 0.849. The number of primary amides is 1. The molecular formula is C60H73N9O20S. The van der Waals surface area contributed by atoms with Crippen LogP contribution >= 0.6 is 11.8 Å². The first-order chi connectivity index (χ1) is 42.7. The number of Topliss-reactive ketones (excluding diaryl/α,β-unsaturated/α-hetero) is 1. The monoisotopic (exact) mass is 1270 g/mol. The van der Waals surface area contributed by atoms with Crippen molar-refractivity contribution in [2.75, 3.05) is 57.1 Å². The number of thioether (sulfide) groups is 1. The van der Waals surface area contributed by atoms with E-state index in [2.05, 4.69) is 39.7 Å². The fraction of sp³-hybridized carbons (Fsp3) is 0.450. The second-order valence-electron chi connectivity index (χ2n) is 22.1. The largest absolute Gasteiger partial charge is 0.507 e. The molecule has 12 N–H and O–H groups in total. The number of phenolic OH excluding ortho intramolecular Hbond substituents is 2. The van der Waals surface area contributed by atoms with Gasteiger partial charge in [0, 0.05) is 60.4 Å². The predicted molar refractivity (Wildman–Crippen MR) is 319 cm³/mol. The number of urea groups is 1. The highest BCUT2D eigenvalue weighted by Gasteiger charge is 2.51. The number of fused-ring (bicyclic) bond motifs is 3. The van der Waals surface area contributed by atoms with Crippen molar-refractivity contribution in [1.82, 2.24) is 36.0 Å². The summed E-state index contributed by atoms with van der Waals surface area (Å²) in [5.74, 6) is -8.07. The maximum Gasteiger partial charge on any atom is 0.407 e. The number of ether oxygens (including phenoxy) is 4. The van der Waals surface area contributed by atoms with Crippen molar-refractivity contribution < 1.29 is 97.2 Å². The number of phenols is 2. The third-order valence-electron chi connectivity index (χ3n) is 15.6. The first-order valence-corrected chi connectivity index (χ1v) is 29.8. The molecule has 4 aliphatic rings. The van der Waals surface area contributed by atoms with Crippen molar-refractivity contribution in [3.8, 4) is 17.2 Å². The Labute approximate surface area is 520 Å². The van der Waals surface area contributed by atoms with Gasteiger partial charge in [0.1, 0.15) is 54.3 Å². The number of aliphatic hydroxyl groups excluding tert-OH is 2. The number of hydrogen-bond acceptors (Lipinski definition) is 21.